The average Bonchev–Trinajstić information content (AvgIpc) is 3.20. The van der Waals surface area contributed by atoms with E-state index in [0.29, 0.717) is 12.4 Å². The fraction of sp³-hybridized carbons (Fsp3) is 0.333. The number of nitrogens with zero attached hydrogens (tertiary/aromatic N) is 1. The van der Waals surface area contributed by atoms with Crippen LogP contribution in [0.1, 0.15) is 21.5 Å². The Bertz CT molecular complexity index is 858. The molecule has 7 nitrogen and oxygen atoms in total. The molecular weight excluding hydrogens is 483 g/mol. The number of nitrogens with one attached hydrogen (secondary N) is 3. The summed E-state index contributed by atoms with van der Waals surface area (Å²) in [4.78, 5) is 16.0. The largest absolute Gasteiger partial charge is 0.454 e. The van der Waals surface area contributed by atoms with Gasteiger partial charge in [-0.3, -0.25) is 9.79 Å². The quantitative estimate of drug-likeness (QED) is 0.303. The molecule has 1 amide bonds. The zero-order valence-corrected chi connectivity index (χ0v) is 19.0. The molecule has 1 heterocycles. The van der Waals surface area contributed by atoms with Crippen LogP contribution in [0.3, 0.4) is 0 Å². The van der Waals surface area contributed by atoms with Gasteiger partial charge in [-0.1, -0.05) is 18.2 Å². The Hall–Kier alpha value is -2.49. The van der Waals surface area contributed by atoms with Crippen LogP contribution in [0.15, 0.2) is 47.5 Å². The minimum Gasteiger partial charge on any atom is -0.454 e. The first-order chi connectivity index (χ1) is 13.7. The number of benzene rings is 2. The highest BCUT2D eigenvalue weighted by atomic mass is 127. The summed E-state index contributed by atoms with van der Waals surface area (Å²) < 4.78 is 10.7. The molecule has 1 aliphatic heterocycles. The second-order valence-electron chi connectivity index (χ2n) is 6.39. The molecule has 0 fully saturated rings. The van der Waals surface area contributed by atoms with E-state index in [-0.39, 0.29) is 29.9 Å². The Kier molecular flexibility index (Phi) is 9.04. The normalized spacial score (nSPS) is 12.1. The molecule has 0 aliphatic carbocycles. The van der Waals surface area contributed by atoms with Crippen LogP contribution in [0.5, 0.6) is 11.5 Å². The van der Waals surface area contributed by atoms with Gasteiger partial charge < -0.3 is 25.4 Å². The molecule has 2 aromatic rings. The van der Waals surface area contributed by atoms with E-state index in [1.807, 2.05) is 42.5 Å². The van der Waals surface area contributed by atoms with Gasteiger partial charge in [0.05, 0.1) is 0 Å². The summed E-state index contributed by atoms with van der Waals surface area (Å²) in [5, 5.41) is 9.26. The van der Waals surface area contributed by atoms with E-state index in [1.165, 1.54) is 5.56 Å². The van der Waals surface area contributed by atoms with E-state index < -0.39 is 0 Å². The van der Waals surface area contributed by atoms with Crippen LogP contribution in [0.2, 0.25) is 0 Å². The first kappa shape index (κ1) is 22.8. The van der Waals surface area contributed by atoms with Crippen molar-refractivity contribution in [3.8, 4) is 11.5 Å². The molecular formula is C21H27IN4O3. The van der Waals surface area contributed by atoms with Crippen molar-refractivity contribution < 1.29 is 14.3 Å². The maximum absolute atomic E-state index is 11.7. The summed E-state index contributed by atoms with van der Waals surface area (Å²) in [5.41, 5.74) is 2.95. The minimum absolute atomic E-state index is 0. The molecule has 0 spiro atoms. The van der Waals surface area contributed by atoms with Crippen LogP contribution in [0, 0.1) is 0 Å². The molecule has 0 aromatic heterocycles. The lowest BCUT2D eigenvalue weighted by Crippen LogP contribution is -2.39. The van der Waals surface area contributed by atoms with Gasteiger partial charge in [-0.15, -0.1) is 24.0 Å². The van der Waals surface area contributed by atoms with Crippen LogP contribution in [-0.4, -0.2) is 45.8 Å². The summed E-state index contributed by atoms with van der Waals surface area (Å²) in [6, 6.07) is 13.6. The van der Waals surface area contributed by atoms with Crippen molar-refractivity contribution in [2.45, 2.75) is 12.8 Å². The van der Waals surface area contributed by atoms with E-state index in [0.717, 1.165) is 49.0 Å². The third-order valence-electron chi connectivity index (χ3n) is 4.49. The van der Waals surface area contributed by atoms with Gasteiger partial charge in [0.15, 0.2) is 17.5 Å². The van der Waals surface area contributed by atoms with Crippen molar-refractivity contribution in [1.82, 2.24) is 16.0 Å². The van der Waals surface area contributed by atoms with Crippen LogP contribution >= 0.6 is 24.0 Å². The molecule has 0 saturated carbocycles. The third kappa shape index (κ3) is 6.52. The van der Waals surface area contributed by atoms with Crippen molar-refractivity contribution in [3.05, 3.63) is 59.2 Å². The predicted molar refractivity (Wildman–Crippen MR) is 125 cm³/mol. The fourth-order valence-electron chi connectivity index (χ4n) is 2.98. The highest BCUT2D eigenvalue weighted by Gasteiger charge is 2.13. The molecule has 0 radical (unpaired) electrons. The first-order valence-electron chi connectivity index (χ1n) is 9.33. The van der Waals surface area contributed by atoms with E-state index in [2.05, 4.69) is 20.9 Å². The number of aliphatic imine (C=N–C) groups is 1. The summed E-state index contributed by atoms with van der Waals surface area (Å²) in [6.45, 7) is 1.77. The molecule has 1 aliphatic rings. The van der Waals surface area contributed by atoms with Crippen LogP contribution in [0.4, 0.5) is 0 Å². The second-order valence-corrected chi connectivity index (χ2v) is 6.39. The van der Waals surface area contributed by atoms with E-state index in [9.17, 15) is 4.79 Å². The Morgan fingerprint density at radius 3 is 2.38 bits per heavy atom. The van der Waals surface area contributed by atoms with Crippen molar-refractivity contribution in [2.24, 2.45) is 4.99 Å². The predicted octanol–water partition coefficient (Wildman–Crippen LogP) is 2.34. The standard InChI is InChI=1S/C21H26N4O3.HI/c1-22-20(26)17-5-3-4-15(12-17)8-10-24-21(23-2)25-11-9-16-6-7-18-19(13-16)28-14-27-18;/h3-7,12-13H,8-11,14H2,1-2H3,(H,22,26)(H2,23,24,25);1H. The molecule has 2 aromatic carbocycles. The van der Waals surface area contributed by atoms with Crippen molar-refractivity contribution >= 4 is 35.8 Å². The SMILES string of the molecule is CN=C(NCCc1cccc(C(=O)NC)c1)NCCc1ccc2c(c1)OCO2.I. The lowest BCUT2D eigenvalue weighted by molar-refractivity contribution is 0.0963. The number of carbonyl (C=O) groups excluding carboxylic acids is 1. The van der Waals surface area contributed by atoms with Crippen LogP contribution in [-0.2, 0) is 12.8 Å². The molecule has 3 rings (SSSR count). The number of halogens is 1. The van der Waals surface area contributed by atoms with E-state index >= 15 is 0 Å². The van der Waals surface area contributed by atoms with Gasteiger partial charge in [0, 0.05) is 32.7 Å². The van der Waals surface area contributed by atoms with Gasteiger partial charge in [0.1, 0.15) is 0 Å². The first-order valence-corrected chi connectivity index (χ1v) is 9.33. The van der Waals surface area contributed by atoms with Gasteiger partial charge in [-0.25, -0.2) is 0 Å². The number of ether oxygens (including phenoxy) is 2. The second kappa shape index (κ2) is 11.5. The Balaban J connectivity index is 0.00000300. The number of hydrogen-bond donors (Lipinski definition) is 3. The van der Waals surface area contributed by atoms with Gasteiger partial charge in [0.25, 0.3) is 5.91 Å². The van der Waals surface area contributed by atoms with Gasteiger partial charge in [-0.2, -0.15) is 0 Å². The number of guanidine groups is 1. The van der Waals surface area contributed by atoms with Gasteiger partial charge >= 0.3 is 0 Å². The molecule has 3 N–H and O–H groups in total. The lowest BCUT2D eigenvalue weighted by Gasteiger charge is -2.12. The molecule has 29 heavy (non-hydrogen) atoms. The van der Waals surface area contributed by atoms with E-state index in [1.54, 1.807) is 14.1 Å². The zero-order chi connectivity index (χ0) is 19.8. The van der Waals surface area contributed by atoms with Crippen LogP contribution < -0.4 is 25.4 Å². The number of rotatable bonds is 7. The van der Waals surface area contributed by atoms with E-state index in [4.69, 9.17) is 9.47 Å². The van der Waals surface area contributed by atoms with Crippen molar-refractivity contribution in [3.63, 3.8) is 0 Å². The molecule has 156 valence electrons. The smallest absolute Gasteiger partial charge is 0.251 e. The van der Waals surface area contributed by atoms with Gasteiger partial charge in [0.2, 0.25) is 6.79 Å². The number of hydrogen-bond acceptors (Lipinski definition) is 4. The maximum Gasteiger partial charge on any atom is 0.251 e. The highest BCUT2D eigenvalue weighted by molar-refractivity contribution is 14.0. The Labute approximate surface area is 188 Å². The number of amides is 1. The summed E-state index contributed by atoms with van der Waals surface area (Å²) in [5.74, 6) is 2.28. The molecule has 0 unspecified atom stereocenters. The van der Waals surface area contributed by atoms with Crippen molar-refractivity contribution in [2.75, 3.05) is 34.0 Å². The summed E-state index contributed by atoms with van der Waals surface area (Å²) in [7, 11) is 3.39. The summed E-state index contributed by atoms with van der Waals surface area (Å²) in [6.07, 6.45) is 1.65. The molecule has 0 bridgehead atoms. The molecule has 0 atom stereocenters. The average molecular weight is 510 g/mol. The van der Waals surface area contributed by atoms with Crippen LogP contribution in [0.25, 0.3) is 0 Å². The lowest BCUT2D eigenvalue weighted by atomic mass is 10.1. The highest BCUT2D eigenvalue weighted by Crippen LogP contribution is 2.32. The Morgan fingerprint density at radius 1 is 1.00 bits per heavy atom. The monoisotopic (exact) mass is 510 g/mol. The third-order valence-corrected chi connectivity index (χ3v) is 4.49. The maximum atomic E-state index is 11.7. The zero-order valence-electron chi connectivity index (χ0n) is 16.7. The summed E-state index contributed by atoms with van der Waals surface area (Å²) >= 11 is 0. The minimum atomic E-state index is -0.0733. The van der Waals surface area contributed by atoms with Crippen molar-refractivity contribution in [1.29, 1.82) is 0 Å². The fourth-order valence-corrected chi connectivity index (χ4v) is 2.98. The topological polar surface area (TPSA) is 84.0 Å². The number of carbonyl (C=O) groups is 1. The molecule has 0 saturated heterocycles. The Morgan fingerprint density at radius 2 is 1.69 bits per heavy atom. The number of fused-ring (bicyclic) bond motifs is 1. The molecule has 8 heteroatoms. The van der Waals surface area contributed by atoms with Gasteiger partial charge in [-0.05, 0) is 48.2 Å².